The molecule has 0 radical (unpaired) electrons. The molecule has 1 aromatic carbocycles. The van der Waals surface area contributed by atoms with E-state index in [2.05, 4.69) is 6.92 Å². The molecule has 0 spiro atoms. The molecule has 0 saturated heterocycles. The normalized spacial score (nSPS) is 10.5. The quantitative estimate of drug-likeness (QED) is 0.233. The van der Waals surface area contributed by atoms with Crippen molar-refractivity contribution in [1.82, 2.24) is 0 Å². The molecule has 1 rings (SSSR count). The fraction of sp³-hybridized carbons (Fsp3) is 0.556. The van der Waals surface area contributed by atoms with Crippen LogP contribution in [0.2, 0.25) is 0 Å². The third kappa shape index (κ3) is 8.18. The van der Waals surface area contributed by atoms with Crippen LogP contribution in [0.5, 0.6) is 5.75 Å². The monoisotopic (exact) mass is 324 g/mol. The van der Waals surface area contributed by atoms with Crippen LogP contribution >= 0.6 is 11.6 Å². The summed E-state index contributed by atoms with van der Waals surface area (Å²) in [5.41, 5.74) is 0.332. The average Bonchev–Trinajstić information content (AvgIpc) is 2.50. The Morgan fingerprint density at radius 2 is 1.64 bits per heavy atom. The van der Waals surface area contributed by atoms with E-state index in [-0.39, 0.29) is 5.97 Å². The first-order valence-corrected chi connectivity index (χ1v) is 8.52. The SMILES string of the molecule is CCCCCCCCCCC(=O)Oc1cccc(C(=O)Cl)c1. The maximum Gasteiger partial charge on any atom is 0.311 e. The number of benzene rings is 1. The van der Waals surface area contributed by atoms with Gasteiger partial charge in [-0.25, -0.2) is 0 Å². The second kappa shape index (κ2) is 11.2. The summed E-state index contributed by atoms with van der Waals surface area (Å²) in [5, 5.41) is -0.555. The maximum absolute atomic E-state index is 11.7. The van der Waals surface area contributed by atoms with Gasteiger partial charge < -0.3 is 4.74 Å². The first kappa shape index (κ1) is 18.7. The van der Waals surface area contributed by atoms with Gasteiger partial charge in [-0.15, -0.1) is 0 Å². The molecule has 22 heavy (non-hydrogen) atoms. The lowest BCUT2D eigenvalue weighted by atomic mass is 10.1. The molecular weight excluding hydrogens is 300 g/mol. The number of rotatable bonds is 11. The largest absolute Gasteiger partial charge is 0.427 e. The topological polar surface area (TPSA) is 43.4 Å². The Morgan fingerprint density at radius 1 is 1.00 bits per heavy atom. The van der Waals surface area contributed by atoms with Gasteiger partial charge in [-0.3, -0.25) is 9.59 Å². The van der Waals surface area contributed by atoms with Crippen LogP contribution in [0.25, 0.3) is 0 Å². The number of carbonyl (C=O) groups excluding carboxylic acids is 2. The van der Waals surface area contributed by atoms with E-state index in [0.717, 1.165) is 12.8 Å². The van der Waals surface area contributed by atoms with Gasteiger partial charge >= 0.3 is 5.97 Å². The van der Waals surface area contributed by atoms with Crippen LogP contribution in [0.1, 0.15) is 75.1 Å². The number of esters is 1. The molecule has 0 bridgehead atoms. The van der Waals surface area contributed by atoms with Gasteiger partial charge in [0.25, 0.3) is 5.24 Å². The maximum atomic E-state index is 11.7. The number of hydrogen-bond donors (Lipinski definition) is 0. The van der Waals surface area contributed by atoms with Gasteiger partial charge in [0.15, 0.2) is 0 Å². The number of hydrogen-bond acceptors (Lipinski definition) is 3. The zero-order valence-corrected chi connectivity index (χ0v) is 14.0. The van der Waals surface area contributed by atoms with Crippen LogP contribution in [0.15, 0.2) is 24.3 Å². The summed E-state index contributed by atoms with van der Waals surface area (Å²) in [6.45, 7) is 2.21. The van der Waals surface area contributed by atoms with E-state index in [9.17, 15) is 9.59 Å². The molecule has 0 saturated carbocycles. The Labute approximate surface area is 138 Å². The smallest absolute Gasteiger partial charge is 0.311 e. The highest BCUT2D eigenvalue weighted by Crippen LogP contribution is 2.16. The standard InChI is InChI=1S/C18H25ClO3/c1-2-3-4-5-6-7-8-9-13-17(20)22-16-12-10-11-15(14-16)18(19)21/h10-12,14H,2-9,13H2,1H3. The van der Waals surface area contributed by atoms with Crippen molar-refractivity contribution in [2.45, 2.75) is 64.7 Å². The second-order valence-corrected chi connectivity index (χ2v) is 5.84. The van der Waals surface area contributed by atoms with Gasteiger partial charge in [-0.2, -0.15) is 0 Å². The molecule has 0 aliphatic carbocycles. The second-order valence-electron chi connectivity index (χ2n) is 5.50. The Balaban J connectivity index is 2.16. The van der Waals surface area contributed by atoms with Crippen molar-refractivity contribution < 1.29 is 14.3 Å². The van der Waals surface area contributed by atoms with Crippen LogP contribution in [0.4, 0.5) is 0 Å². The number of ether oxygens (including phenoxy) is 1. The van der Waals surface area contributed by atoms with Crippen molar-refractivity contribution in [2.75, 3.05) is 0 Å². The molecule has 0 fully saturated rings. The molecule has 0 atom stereocenters. The van der Waals surface area contributed by atoms with Crippen molar-refractivity contribution in [2.24, 2.45) is 0 Å². The number of unbranched alkanes of at least 4 members (excludes halogenated alkanes) is 7. The van der Waals surface area contributed by atoms with E-state index in [4.69, 9.17) is 16.3 Å². The zero-order chi connectivity index (χ0) is 16.2. The molecule has 122 valence electrons. The minimum absolute atomic E-state index is 0.259. The van der Waals surface area contributed by atoms with E-state index in [0.29, 0.717) is 17.7 Å². The molecule has 0 unspecified atom stereocenters. The first-order chi connectivity index (χ1) is 10.6. The molecule has 3 nitrogen and oxygen atoms in total. The molecule has 0 aliphatic rings. The molecule has 0 N–H and O–H groups in total. The summed E-state index contributed by atoms with van der Waals surface area (Å²) in [4.78, 5) is 22.8. The van der Waals surface area contributed by atoms with Crippen molar-refractivity contribution >= 4 is 22.8 Å². The van der Waals surface area contributed by atoms with Crippen LogP contribution in [0.3, 0.4) is 0 Å². The van der Waals surface area contributed by atoms with Crippen molar-refractivity contribution in [3.63, 3.8) is 0 Å². The van der Waals surface area contributed by atoms with Crippen molar-refractivity contribution in [1.29, 1.82) is 0 Å². The molecular formula is C18H25ClO3. The molecule has 0 aromatic heterocycles. The molecule has 0 aliphatic heterocycles. The molecule has 0 amide bonds. The fourth-order valence-corrected chi connectivity index (χ4v) is 2.39. The van der Waals surface area contributed by atoms with E-state index in [1.54, 1.807) is 18.2 Å². The Morgan fingerprint density at radius 3 is 2.27 bits per heavy atom. The van der Waals surface area contributed by atoms with Crippen molar-refractivity contribution in [3.8, 4) is 5.75 Å². The van der Waals surface area contributed by atoms with E-state index >= 15 is 0 Å². The first-order valence-electron chi connectivity index (χ1n) is 8.14. The summed E-state index contributed by atoms with van der Waals surface area (Å²) in [6, 6.07) is 6.37. The highest BCUT2D eigenvalue weighted by molar-refractivity contribution is 6.67. The summed E-state index contributed by atoms with van der Waals surface area (Å²) in [6.07, 6.45) is 9.92. The van der Waals surface area contributed by atoms with Crippen molar-refractivity contribution in [3.05, 3.63) is 29.8 Å². The minimum Gasteiger partial charge on any atom is -0.427 e. The summed E-state index contributed by atoms with van der Waals surface area (Å²) in [7, 11) is 0. The Bertz CT molecular complexity index is 471. The lowest BCUT2D eigenvalue weighted by molar-refractivity contribution is -0.134. The third-order valence-corrected chi connectivity index (χ3v) is 3.75. The molecule has 4 heteroatoms. The molecule has 1 aromatic rings. The Kier molecular flexibility index (Phi) is 9.56. The Hall–Kier alpha value is -1.35. The lowest BCUT2D eigenvalue weighted by Gasteiger charge is -2.05. The van der Waals surface area contributed by atoms with Crippen LogP contribution in [0, 0.1) is 0 Å². The van der Waals surface area contributed by atoms with Gasteiger partial charge in [-0.05, 0) is 36.2 Å². The van der Waals surface area contributed by atoms with E-state index in [1.807, 2.05) is 0 Å². The minimum atomic E-state index is -0.555. The predicted molar refractivity (Wildman–Crippen MR) is 89.5 cm³/mol. The number of halogens is 1. The highest BCUT2D eigenvalue weighted by atomic mass is 35.5. The van der Waals surface area contributed by atoms with E-state index in [1.165, 1.54) is 44.6 Å². The van der Waals surface area contributed by atoms with E-state index < -0.39 is 5.24 Å². The number of carbonyl (C=O) groups is 2. The summed E-state index contributed by atoms with van der Waals surface area (Å²) >= 11 is 5.40. The van der Waals surface area contributed by atoms with Gasteiger partial charge in [0, 0.05) is 12.0 Å². The zero-order valence-electron chi connectivity index (χ0n) is 13.3. The lowest BCUT2D eigenvalue weighted by Crippen LogP contribution is -2.07. The van der Waals surface area contributed by atoms with Crippen LogP contribution in [-0.2, 0) is 4.79 Å². The van der Waals surface area contributed by atoms with Gasteiger partial charge in [0.05, 0.1) is 0 Å². The summed E-state index contributed by atoms with van der Waals surface area (Å²) < 4.78 is 5.22. The third-order valence-electron chi connectivity index (χ3n) is 3.53. The van der Waals surface area contributed by atoms with Gasteiger partial charge in [0.2, 0.25) is 0 Å². The fourth-order valence-electron chi connectivity index (χ4n) is 2.27. The highest BCUT2D eigenvalue weighted by Gasteiger charge is 2.07. The van der Waals surface area contributed by atoms with Gasteiger partial charge in [-0.1, -0.05) is 57.9 Å². The predicted octanol–water partition coefficient (Wildman–Crippen LogP) is 5.50. The average molecular weight is 325 g/mol. The summed E-state index contributed by atoms with van der Waals surface area (Å²) in [5.74, 6) is 0.112. The van der Waals surface area contributed by atoms with Crippen LogP contribution in [-0.4, -0.2) is 11.2 Å². The van der Waals surface area contributed by atoms with Crippen LogP contribution < -0.4 is 4.74 Å². The van der Waals surface area contributed by atoms with Gasteiger partial charge in [0.1, 0.15) is 5.75 Å². The molecule has 0 heterocycles.